The van der Waals surface area contributed by atoms with Crippen molar-refractivity contribution in [2.45, 2.75) is 25.7 Å². The van der Waals surface area contributed by atoms with Gasteiger partial charge in [0.2, 0.25) is 0 Å². The first-order valence-electron chi connectivity index (χ1n) is 15.0. The third-order valence-corrected chi connectivity index (χ3v) is 8.23. The summed E-state index contributed by atoms with van der Waals surface area (Å²) in [5.41, 5.74) is 7.57. The van der Waals surface area contributed by atoms with E-state index in [1.54, 1.807) is 32.4 Å². The van der Waals surface area contributed by atoms with E-state index in [0.717, 1.165) is 35.8 Å². The van der Waals surface area contributed by atoms with Crippen LogP contribution in [0.15, 0.2) is 66.7 Å². The Morgan fingerprint density at radius 2 is 1.35 bits per heavy atom. The second-order valence-electron chi connectivity index (χ2n) is 11.0. The lowest BCUT2D eigenvalue weighted by Crippen LogP contribution is -2.34. The van der Waals surface area contributed by atoms with Gasteiger partial charge >= 0.3 is 0 Å². The molecule has 5 rings (SSSR count). The summed E-state index contributed by atoms with van der Waals surface area (Å²) in [5, 5.41) is 9.69. The Labute approximate surface area is 269 Å². The molecule has 0 fully saturated rings. The molecule has 0 saturated heterocycles. The van der Waals surface area contributed by atoms with E-state index in [1.165, 1.54) is 18.4 Å². The van der Waals surface area contributed by atoms with Crippen LogP contribution in [0.2, 0.25) is 0 Å². The van der Waals surface area contributed by atoms with Crippen LogP contribution in [0.1, 0.15) is 37.4 Å². The Kier molecular flexibility index (Phi) is 10.2. The Morgan fingerprint density at radius 1 is 0.761 bits per heavy atom. The highest BCUT2D eigenvalue weighted by atomic mass is 16.5. The van der Waals surface area contributed by atoms with Crippen molar-refractivity contribution in [2.24, 2.45) is 0 Å². The molecule has 10 heteroatoms. The van der Waals surface area contributed by atoms with E-state index in [0.29, 0.717) is 52.0 Å². The highest BCUT2D eigenvalue weighted by Crippen LogP contribution is 2.36. The summed E-state index contributed by atoms with van der Waals surface area (Å²) in [6.45, 7) is 1.16. The van der Waals surface area contributed by atoms with Crippen LogP contribution in [0.5, 0.6) is 23.0 Å². The standard InChI is InChI=1S/C36H40N4O6/c1-37-28-11-23(21-45-35-16-30(38-2)26(19-41)14-33(35)43-4)10-24(12-28)22-46-36-17-31(27(20-42)15-34(36)44-5)39-18-29-13-25-8-6-7-9-32(25)40(29)3/h6-12,14-17,19-20,29,37-39H,13,18,21-22H2,1-5H3. The minimum absolute atomic E-state index is 0.251. The fraction of sp³-hybridized carbons (Fsp3) is 0.278. The Hall–Kier alpha value is -5.38. The predicted octanol–water partition coefficient (Wildman–Crippen LogP) is 6.04. The molecule has 240 valence electrons. The Bertz CT molecular complexity index is 1710. The molecule has 1 atom stereocenters. The van der Waals surface area contributed by atoms with E-state index in [-0.39, 0.29) is 19.3 Å². The SMILES string of the molecule is CNc1cc(COc2cc(NC)c(C=O)cc2OC)cc(COc2cc(NCC3Cc4ccccc4N3C)c(C=O)cc2OC)c1. The first kappa shape index (κ1) is 32.0. The minimum Gasteiger partial charge on any atom is -0.493 e. The summed E-state index contributed by atoms with van der Waals surface area (Å²) in [5.74, 6) is 1.97. The van der Waals surface area contributed by atoms with Gasteiger partial charge in [-0.15, -0.1) is 0 Å². The van der Waals surface area contributed by atoms with Gasteiger partial charge in [0.25, 0.3) is 0 Å². The lowest BCUT2D eigenvalue weighted by atomic mass is 10.1. The fourth-order valence-electron chi connectivity index (χ4n) is 5.71. The van der Waals surface area contributed by atoms with Gasteiger partial charge in [0.05, 0.1) is 20.3 Å². The molecule has 0 saturated carbocycles. The minimum atomic E-state index is 0.251. The van der Waals surface area contributed by atoms with Gasteiger partial charge < -0.3 is 39.8 Å². The van der Waals surface area contributed by atoms with Crippen LogP contribution in [0.4, 0.5) is 22.7 Å². The molecule has 1 aliphatic heterocycles. The van der Waals surface area contributed by atoms with Crippen molar-refractivity contribution in [3.63, 3.8) is 0 Å². The lowest BCUT2D eigenvalue weighted by molar-refractivity contribution is 0.111. The zero-order valence-electron chi connectivity index (χ0n) is 26.8. The quantitative estimate of drug-likeness (QED) is 0.135. The van der Waals surface area contributed by atoms with E-state index in [4.69, 9.17) is 18.9 Å². The molecule has 3 N–H and O–H groups in total. The van der Waals surface area contributed by atoms with Crippen molar-refractivity contribution in [3.05, 3.63) is 94.5 Å². The van der Waals surface area contributed by atoms with Crippen LogP contribution in [0.25, 0.3) is 0 Å². The van der Waals surface area contributed by atoms with Gasteiger partial charge in [0.1, 0.15) is 13.2 Å². The van der Waals surface area contributed by atoms with Crippen LogP contribution < -0.4 is 39.8 Å². The van der Waals surface area contributed by atoms with Crippen molar-refractivity contribution in [3.8, 4) is 23.0 Å². The zero-order chi connectivity index (χ0) is 32.6. The number of anilines is 4. The Balaban J connectivity index is 1.31. The van der Waals surface area contributed by atoms with E-state index >= 15 is 0 Å². The van der Waals surface area contributed by atoms with Crippen LogP contribution in [-0.4, -0.2) is 60.5 Å². The average Bonchev–Trinajstić information content (AvgIpc) is 3.42. The number of methoxy groups -OCH3 is 2. The number of carbonyl (C=O) groups excluding carboxylic acids is 2. The number of carbonyl (C=O) groups is 2. The van der Waals surface area contributed by atoms with E-state index < -0.39 is 0 Å². The molecule has 0 spiro atoms. The third kappa shape index (κ3) is 6.96. The van der Waals surface area contributed by atoms with Crippen LogP contribution in [0, 0.1) is 0 Å². The van der Waals surface area contributed by atoms with Crippen molar-refractivity contribution in [1.29, 1.82) is 0 Å². The maximum Gasteiger partial charge on any atom is 0.163 e. The maximum atomic E-state index is 12.0. The molecule has 1 heterocycles. The summed E-state index contributed by atoms with van der Waals surface area (Å²) in [6, 6.07) is 21.6. The number of hydrogen-bond acceptors (Lipinski definition) is 10. The maximum absolute atomic E-state index is 12.0. The van der Waals surface area contributed by atoms with Crippen LogP contribution in [0.3, 0.4) is 0 Å². The van der Waals surface area contributed by atoms with Gasteiger partial charge in [0.15, 0.2) is 35.6 Å². The van der Waals surface area contributed by atoms with Gasteiger partial charge in [0, 0.05) is 73.7 Å². The molecule has 0 radical (unpaired) electrons. The summed E-state index contributed by atoms with van der Waals surface area (Å²) in [6.07, 6.45) is 2.52. The van der Waals surface area contributed by atoms with Crippen LogP contribution >= 0.6 is 0 Å². The second kappa shape index (κ2) is 14.6. The molecule has 46 heavy (non-hydrogen) atoms. The summed E-state index contributed by atoms with van der Waals surface area (Å²) < 4.78 is 23.5. The number of nitrogens with zero attached hydrogens (tertiary/aromatic N) is 1. The molecule has 0 aromatic heterocycles. The zero-order valence-corrected chi connectivity index (χ0v) is 26.8. The number of para-hydroxylation sites is 1. The highest BCUT2D eigenvalue weighted by Gasteiger charge is 2.26. The molecule has 0 aliphatic carbocycles. The van der Waals surface area contributed by atoms with E-state index in [1.807, 2.05) is 31.3 Å². The second-order valence-corrected chi connectivity index (χ2v) is 11.0. The van der Waals surface area contributed by atoms with Gasteiger partial charge in [-0.25, -0.2) is 0 Å². The first-order chi connectivity index (χ1) is 22.4. The number of aldehydes is 2. The van der Waals surface area contributed by atoms with Gasteiger partial charge in [-0.1, -0.05) is 18.2 Å². The van der Waals surface area contributed by atoms with Crippen molar-refractivity contribution in [2.75, 3.05) is 62.8 Å². The molecule has 1 unspecified atom stereocenters. The molecular formula is C36H40N4O6. The number of benzene rings is 4. The highest BCUT2D eigenvalue weighted by molar-refractivity contribution is 5.87. The van der Waals surface area contributed by atoms with E-state index in [9.17, 15) is 9.59 Å². The lowest BCUT2D eigenvalue weighted by Gasteiger charge is -2.24. The van der Waals surface area contributed by atoms with Gasteiger partial charge in [-0.3, -0.25) is 9.59 Å². The summed E-state index contributed by atoms with van der Waals surface area (Å²) in [4.78, 5) is 25.7. The van der Waals surface area contributed by atoms with Crippen molar-refractivity contribution < 1.29 is 28.5 Å². The van der Waals surface area contributed by atoms with Gasteiger partial charge in [-0.05, 0) is 59.5 Å². The number of nitrogens with one attached hydrogen (secondary N) is 3. The summed E-state index contributed by atoms with van der Waals surface area (Å²) in [7, 11) is 8.79. The number of likely N-dealkylation sites (N-methyl/N-ethyl adjacent to an activating group) is 1. The normalized spacial score (nSPS) is 13.4. The molecule has 0 bridgehead atoms. The monoisotopic (exact) mass is 624 g/mol. The third-order valence-electron chi connectivity index (χ3n) is 8.23. The molecule has 4 aromatic carbocycles. The number of fused-ring (bicyclic) bond motifs is 1. The van der Waals surface area contributed by atoms with Gasteiger partial charge in [-0.2, -0.15) is 0 Å². The molecular weight excluding hydrogens is 584 g/mol. The fourth-order valence-corrected chi connectivity index (χ4v) is 5.71. The number of rotatable bonds is 15. The Morgan fingerprint density at radius 3 is 1.89 bits per heavy atom. The average molecular weight is 625 g/mol. The molecule has 10 nitrogen and oxygen atoms in total. The van der Waals surface area contributed by atoms with E-state index in [2.05, 4.69) is 52.2 Å². The van der Waals surface area contributed by atoms with Crippen molar-refractivity contribution in [1.82, 2.24) is 0 Å². The van der Waals surface area contributed by atoms with Crippen molar-refractivity contribution >= 4 is 35.3 Å². The topological polar surface area (TPSA) is 110 Å². The molecule has 0 amide bonds. The number of ether oxygens (including phenoxy) is 4. The summed E-state index contributed by atoms with van der Waals surface area (Å²) >= 11 is 0. The molecule has 1 aliphatic rings. The predicted molar refractivity (Wildman–Crippen MR) is 182 cm³/mol. The first-order valence-corrected chi connectivity index (χ1v) is 15.0. The largest absolute Gasteiger partial charge is 0.493 e. The van der Waals surface area contributed by atoms with Crippen LogP contribution in [-0.2, 0) is 19.6 Å². The molecule has 4 aromatic rings. The number of hydrogen-bond donors (Lipinski definition) is 3. The smallest absolute Gasteiger partial charge is 0.163 e.